The molecule has 0 aliphatic carbocycles. The fourth-order valence-electron chi connectivity index (χ4n) is 1.78. The van der Waals surface area contributed by atoms with Crippen LogP contribution in [-0.2, 0) is 16.1 Å². The molecule has 0 unspecified atom stereocenters. The van der Waals surface area contributed by atoms with Crippen LogP contribution in [0.3, 0.4) is 0 Å². The van der Waals surface area contributed by atoms with Gasteiger partial charge in [0.2, 0.25) is 5.91 Å². The number of nitrogens with zero attached hydrogens (tertiary/aromatic N) is 1. The minimum Gasteiger partial charge on any atom is -0.457 e. The Balaban J connectivity index is 1.97. The summed E-state index contributed by atoms with van der Waals surface area (Å²) in [6, 6.07) is 10.1. The molecule has 0 fully saturated rings. The average molecular weight is 296 g/mol. The lowest BCUT2D eigenvalue weighted by Gasteiger charge is -2.07. The lowest BCUT2D eigenvalue weighted by molar-refractivity contribution is -0.111. The molecule has 1 amide bonds. The number of pyridine rings is 1. The number of aromatic nitrogens is 1. The standard InChI is InChI=1S/C17H16N2O3/c1-3-16(20)19-15-8-6-13(7-9-15)17(21)22-11-14-5-4-10-18-12(14)2/h3-10H,1,11H2,2H3,(H,19,20). The van der Waals surface area contributed by atoms with Gasteiger partial charge in [0.15, 0.2) is 0 Å². The van der Waals surface area contributed by atoms with Gasteiger partial charge in [0.25, 0.3) is 0 Å². The molecule has 112 valence electrons. The van der Waals surface area contributed by atoms with Crippen LogP contribution >= 0.6 is 0 Å². The number of carbonyl (C=O) groups is 2. The third-order valence-corrected chi connectivity index (χ3v) is 3.05. The van der Waals surface area contributed by atoms with Crippen LogP contribution in [0.4, 0.5) is 5.69 Å². The van der Waals surface area contributed by atoms with Crippen LogP contribution in [0.2, 0.25) is 0 Å². The fraction of sp³-hybridized carbons (Fsp3) is 0.118. The second kappa shape index (κ2) is 7.17. The maximum atomic E-state index is 12.0. The first kappa shape index (κ1) is 15.4. The molecule has 5 nitrogen and oxygen atoms in total. The lowest BCUT2D eigenvalue weighted by atomic mass is 10.2. The fourth-order valence-corrected chi connectivity index (χ4v) is 1.78. The van der Waals surface area contributed by atoms with E-state index in [-0.39, 0.29) is 12.5 Å². The monoisotopic (exact) mass is 296 g/mol. The zero-order valence-electron chi connectivity index (χ0n) is 12.2. The van der Waals surface area contributed by atoms with E-state index in [1.54, 1.807) is 36.5 Å². The second-order valence-electron chi connectivity index (χ2n) is 4.59. The molecule has 0 aliphatic heterocycles. The molecule has 1 aromatic carbocycles. The SMILES string of the molecule is C=CC(=O)Nc1ccc(C(=O)OCc2cccnc2C)cc1. The maximum Gasteiger partial charge on any atom is 0.338 e. The van der Waals surface area contributed by atoms with Gasteiger partial charge < -0.3 is 10.1 Å². The molecule has 1 aromatic heterocycles. The number of anilines is 1. The predicted molar refractivity (Wildman–Crippen MR) is 83.4 cm³/mol. The van der Waals surface area contributed by atoms with Crippen LogP contribution < -0.4 is 5.32 Å². The second-order valence-corrected chi connectivity index (χ2v) is 4.59. The van der Waals surface area contributed by atoms with Crippen molar-refractivity contribution < 1.29 is 14.3 Å². The summed E-state index contributed by atoms with van der Waals surface area (Å²) in [7, 11) is 0. The summed E-state index contributed by atoms with van der Waals surface area (Å²) in [5, 5.41) is 2.61. The van der Waals surface area contributed by atoms with E-state index in [0.717, 1.165) is 11.3 Å². The number of esters is 1. The molecule has 1 N–H and O–H groups in total. The summed E-state index contributed by atoms with van der Waals surface area (Å²) < 4.78 is 5.25. The van der Waals surface area contributed by atoms with Crippen molar-refractivity contribution >= 4 is 17.6 Å². The van der Waals surface area contributed by atoms with E-state index in [4.69, 9.17) is 4.74 Å². The highest BCUT2D eigenvalue weighted by Gasteiger charge is 2.09. The molecule has 2 aromatic rings. The van der Waals surface area contributed by atoms with Gasteiger partial charge in [-0.05, 0) is 43.3 Å². The van der Waals surface area contributed by atoms with E-state index in [1.165, 1.54) is 6.08 Å². The summed E-state index contributed by atoms with van der Waals surface area (Å²) in [4.78, 5) is 27.3. The number of hydrogen-bond donors (Lipinski definition) is 1. The van der Waals surface area contributed by atoms with Crippen LogP contribution in [0, 0.1) is 6.92 Å². The number of nitrogens with one attached hydrogen (secondary N) is 1. The van der Waals surface area contributed by atoms with Crippen LogP contribution in [0.15, 0.2) is 55.3 Å². The van der Waals surface area contributed by atoms with Gasteiger partial charge in [0.05, 0.1) is 5.56 Å². The van der Waals surface area contributed by atoms with E-state index in [2.05, 4.69) is 16.9 Å². The van der Waals surface area contributed by atoms with Gasteiger partial charge in [-0.2, -0.15) is 0 Å². The number of amides is 1. The zero-order valence-corrected chi connectivity index (χ0v) is 12.2. The Morgan fingerprint density at radius 2 is 2.00 bits per heavy atom. The van der Waals surface area contributed by atoms with Crippen molar-refractivity contribution in [2.45, 2.75) is 13.5 Å². The van der Waals surface area contributed by atoms with Crippen molar-refractivity contribution in [1.82, 2.24) is 4.98 Å². The number of rotatable bonds is 5. The summed E-state index contributed by atoms with van der Waals surface area (Å²) >= 11 is 0. The first-order chi connectivity index (χ1) is 10.6. The molecular formula is C17H16N2O3. The van der Waals surface area contributed by atoms with Gasteiger partial charge in [0, 0.05) is 23.1 Å². The van der Waals surface area contributed by atoms with Gasteiger partial charge in [-0.15, -0.1) is 0 Å². The van der Waals surface area contributed by atoms with Crippen molar-refractivity contribution in [2.75, 3.05) is 5.32 Å². The van der Waals surface area contributed by atoms with Gasteiger partial charge in [0.1, 0.15) is 6.61 Å². The average Bonchev–Trinajstić information content (AvgIpc) is 2.54. The predicted octanol–water partition coefficient (Wildman–Crippen LogP) is 2.87. The Morgan fingerprint density at radius 1 is 1.27 bits per heavy atom. The van der Waals surface area contributed by atoms with Crippen LogP contribution in [0.1, 0.15) is 21.6 Å². The molecule has 0 bridgehead atoms. The summed E-state index contributed by atoms with van der Waals surface area (Å²) in [5.74, 6) is -0.729. The third kappa shape index (κ3) is 4.02. The van der Waals surface area contributed by atoms with E-state index in [0.29, 0.717) is 11.3 Å². The van der Waals surface area contributed by atoms with E-state index in [1.807, 2.05) is 13.0 Å². The van der Waals surface area contributed by atoms with E-state index < -0.39 is 5.97 Å². The number of aryl methyl sites for hydroxylation is 1. The largest absolute Gasteiger partial charge is 0.457 e. The quantitative estimate of drug-likeness (QED) is 0.680. The summed E-state index contributed by atoms with van der Waals surface area (Å²) in [6.07, 6.45) is 2.87. The highest BCUT2D eigenvalue weighted by molar-refractivity contribution is 5.99. The Kier molecular flexibility index (Phi) is 5.03. The third-order valence-electron chi connectivity index (χ3n) is 3.05. The highest BCUT2D eigenvalue weighted by atomic mass is 16.5. The van der Waals surface area contributed by atoms with Gasteiger partial charge in [-0.1, -0.05) is 12.6 Å². The normalized spacial score (nSPS) is 9.86. The molecule has 0 saturated heterocycles. The molecule has 5 heteroatoms. The maximum absolute atomic E-state index is 12.0. The Bertz CT molecular complexity index is 693. The molecule has 0 spiro atoms. The lowest BCUT2D eigenvalue weighted by Crippen LogP contribution is -2.09. The summed E-state index contributed by atoms with van der Waals surface area (Å²) in [5.41, 5.74) is 2.70. The van der Waals surface area contributed by atoms with Crippen molar-refractivity contribution in [3.8, 4) is 0 Å². The topological polar surface area (TPSA) is 68.3 Å². The number of hydrogen-bond acceptors (Lipinski definition) is 4. The van der Waals surface area contributed by atoms with Gasteiger partial charge in [-0.25, -0.2) is 4.79 Å². The molecule has 0 aliphatic rings. The molecule has 0 radical (unpaired) electrons. The smallest absolute Gasteiger partial charge is 0.338 e. The van der Waals surface area contributed by atoms with Crippen LogP contribution in [0.25, 0.3) is 0 Å². The van der Waals surface area contributed by atoms with Crippen molar-refractivity contribution in [1.29, 1.82) is 0 Å². The Morgan fingerprint density at radius 3 is 2.64 bits per heavy atom. The van der Waals surface area contributed by atoms with Crippen LogP contribution in [0.5, 0.6) is 0 Å². The van der Waals surface area contributed by atoms with E-state index in [9.17, 15) is 9.59 Å². The summed E-state index contributed by atoms with van der Waals surface area (Å²) in [6.45, 7) is 5.41. The number of benzene rings is 1. The van der Waals surface area contributed by atoms with Crippen molar-refractivity contribution in [3.05, 3.63) is 72.1 Å². The zero-order chi connectivity index (χ0) is 15.9. The van der Waals surface area contributed by atoms with E-state index >= 15 is 0 Å². The Labute approximate surface area is 128 Å². The first-order valence-electron chi connectivity index (χ1n) is 6.71. The van der Waals surface area contributed by atoms with Crippen molar-refractivity contribution in [2.24, 2.45) is 0 Å². The number of ether oxygens (including phenoxy) is 1. The molecular weight excluding hydrogens is 280 g/mol. The number of carbonyl (C=O) groups excluding carboxylic acids is 2. The Hall–Kier alpha value is -2.95. The van der Waals surface area contributed by atoms with Gasteiger partial charge in [-0.3, -0.25) is 9.78 Å². The first-order valence-corrected chi connectivity index (χ1v) is 6.71. The highest BCUT2D eigenvalue weighted by Crippen LogP contribution is 2.12. The van der Waals surface area contributed by atoms with Gasteiger partial charge >= 0.3 is 5.97 Å². The molecule has 2 rings (SSSR count). The molecule has 1 heterocycles. The minimum absolute atomic E-state index is 0.174. The van der Waals surface area contributed by atoms with Crippen molar-refractivity contribution in [3.63, 3.8) is 0 Å². The minimum atomic E-state index is -0.426. The molecule has 22 heavy (non-hydrogen) atoms. The van der Waals surface area contributed by atoms with Crippen LogP contribution in [-0.4, -0.2) is 16.9 Å². The molecule has 0 saturated carbocycles. The molecule has 0 atom stereocenters.